The minimum Gasteiger partial charge on any atom is -0.406 e. The number of amides is 2. The number of nitrogens with one attached hydrogen (secondary N) is 2. The van der Waals surface area contributed by atoms with Gasteiger partial charge in [0.15, 0.2) is 0 Å². The van der Waals surface area contributed by atoms with Gasteiger partial charge >= 0.3 is 0 Å². The molecule has 6 heteroatoms. The molecule has 0 aliphatic carbocycles. The first-order valence-corrected chi connectivity index (χ1v) is 2.98. The monoisotopic (exact) mass is 146 g/mol. The topological polar surface area (TPSA) is 58.2 Å². The van der Waals surface area contributed by atoms with Gasteiger partial charge in [0.25, 0.3) is 0 Å². The minimum absolute atomic E-state index is 0.111. The third kappa shape index (κ3) is 3.97. The lowest BCUT2D eigenvalue weighted by atomic mass is 10.3. The molecule has 1 atom stereocenters. The quantitative estimate of drug-likeness (QED) is 0.267. The summed E-state index contributed by atoms with van der Waals surface area (Å²) >= 11 is 0. The Bertz CT molecular complexity index is 115. The van der Waals surface area contributed by atoms with E-state index in [-0.39, 0.29) is 18.2 Å². The molecule has 2 amide bonds. The Hall–Kier alpha value is -0.565. The molecule has 0 aliphatic heterocycles. The Balaban J connectivity index is 3.47. The lowest BCUT2D eigenvalue weighted by Crippen LogP contribution is -2.26. The molecule has 0 saturated carbocycles. The number of rotatable bonds is 2. The van der Waals surface area contributed by atoms with Crippen LogP contribution >= 0.6 is 9.39 Å². The fourth-order valence-corrected chi connectivity index (χ4v) is 0.387. The van der Waals surface area contributed by atoms with E-state index in [0.717, 1.165) is 0 Å². The van der Waals surface area contributed by atoms with Gasteiger partial charge in [-0.15, -0.1) is 0 Å². The van der Waals surface area contributed by atoms with Crippen molar-refractivity contribution in [2.24, 2.45) is 0 Å². The zero-order valence-corrected chi connectivity index (χ0v) is 6.26. The highest BCUT2D eigenvalue weighted by molar-refractivity contribution is 7.15. The van der Waals surface area contributed by atoms with Gasteiger partial charge in [0.05, 0.1) is 0 Å². The standard InChI is InChI=1S/C3H8BN2O2P/c4-5-2(7)1-3(8)6-9/h1,4,9H2,(H,5,7)(H,6,8). The molecule has 50 valence electrons. The van der Waals surface area contributed by atoms with Gasteiger partial charge in [0, 0.05) is 0 Å². The molecular formula is C3H8BN2O2P. The van der Waals surface area contributed by atoms with E-state index in [9.17, 15) is 9.59 Å². The Labute approximate surface area is 56.5 Å². The van der Waals surface area contributed by atoms with Crippen LogP contribution in [-0.4, -0.2) is 19.8 Å². The molecular weight excluding hydrogens is 138 g/mol. The van der Waals surface area contributed by atoms with Gasteiger partial charge in [-0.25, -0.2) is 0 Å². The second-order valence-electron chi connectivity index (χ2n) is 1.42. The van der Waals surface area contributed by atoms with Crippen molar-refractivity contribution in [3.8, 4) is 0 Å². The number of carbonyl (C=O) groups excluding carboxylic acids is 2. The van der Waals surface area contributed by atoms with Gasteiger partial charge in [0.1, 0.15) is 6.42 Å². The Kier molecular flexibility index (Phi) is 4.06. The SMILES string of the molecule is BNC(=O)CC(=O)NP. The highest BCUT2D eigenvalue weighted by Crippen LogP contribution is 1.80. The summed E-state index contributed by atoms with van der Waals surface area (Å²) in [6.07, 6.45) is -0.111. The third-order valence-electron chi connectivity index (χ3n) is 0.761. The van der Waals surface area contributed by atoms with E-state index in [4.69, 9.17) is 0 Å². The molecule has 0 bridgehead atoms. The van der Waals surface area contributed by atoms with Crippen molar-refractivity contribution in [3.05, 3.63) is 0 Å². The molecule has 0 fully saturated rings. The maximum atomic E-state index is 10.4. The van der Waals surface area contributed by atoms with E-state index in [2.05, 4.69) is 10.3 Å². The molecule has 0 radical (unpaired) electrons. The van der Waals surface area contributed by atoms with E-state index in [1.54, 1.807) is 0 Å². The predicted molar refractivity (Wildman–Crippen MR) is 39.2 cm³/mol. The van der Waals surface area contributed by atoms with E-state index < -0.39 is 0 Å². The third-order valence-corrected chi connectivity index (χ3v) is 1.08. The highest BCUT2D eigenvalue weighted by Gasteiger charge is 2.02. The molecule has 0 aromatic heterocycles. The number of hydrogen-bond acceptors (Lipinski definition) is 2. The van der Waals surface area contributed by atoms with Crippen LogP contribution in [0.3, 0.4) is 0 Å². The van der Waals surface area contributed by atoms with Crippen LogP contribution in [0.1, 0.15) is 6.42 Å². The van der Waals surface area contributed by atoms with Gasteiger partial charge in [-0.05, 0) is 9.39 Å². The first-order valence-electron chi connectivity index (χ1n) is 2.40. The first kappa shape index (κ1) is 8.43. The summed E-state index contributed by atoms with van der Waals surface area (Å²) in [5, 5.41) is 4.57. The molecule has 1 unspecified atom stereocenters. The molecule has 0 heterocycles. The van der Waals surface area contributed by atoms with Crippen LogP contribution < -0.4 is 10.3 Å². The molecule has 9 heavy (non-hydrogen) atoms. The highest BCUT2D eigenvalue weighted by atomic mass is 31.0. The molecule has 2 N–H and O–H groups in total. The molecule has 0 aromatic rings. The van der Waals surface area contributed by atoms with Gasteiger partial charge in [-0.3, -0.25) is 9.59 Å². The lowest BCUT2D eigenvalue weighted by Gasteiger charge is -1.96. The van der Waals surface area contributed by atoms with Crippen molar-refractivity contribution in [1.82, 2.24) is 10.3 Å². The zero-order chi connectivity index (χ0) is 7.28. The van der Waals surface area contributed by atoms with E-state index in [0.29, 0.717) is 0 Å². The molecule has 0 rings (SSSR count). The Morgan fingerprint density at radius 3 is 2.33 bits per heavy atom. The van der Waals surface area contributed by atoms with Crippen LogP contribution in [0.5, 0.6) is 0 Å². The van der Waals surface area contributed by atoms with Crippen LogP contribution in [0, 0.1) is 0 Å². The average molecular weight is 146 g/mol. The first-order chi connectivity index (χ1) is 4.20. The summed E-state index contributed by atoms with van der Waals surface area (Å²) in [6, 6.07) is 0. The largest absolute Gasteiger partial charge is 0.406 e. The van der Waals surface area contributed by atoms with Crippen molar-refractivity contribution in [2.45, 2.75) is 6.42 Å². The van der Waals surface area contributed by atoms with Gasteiger partial charge < -0.3 is 10.3 Å². The van der Waals surface area contributed by atoms with Crippen LogP contribution in [0.4, 0.5) is 0 Å². The molecule has 4 nitrogen and oxygen atoms in total. The van der Waals surface area contributed by atoms with E-state index >= 15 is 0 Å². The second-order valence-corrected chi connectivity index (χ2v) is 1.71. The van der Waals surface area contributed by atoms with Crippen molar-refractivity contribution < 1.29 is 9.59 Å². The fraction of sp³-hybridized carbons (Fsp3) is 0.333. The predicted octanol–water partition coefficient (Wildman–Crippen LogP) is -2.05. The van der Waals surface area contributed by atoms with Gasteiger partial charge in [-0.2, -0.15) is 0 Å². The van der Waals surface area contributed by atoms with Crippen molar-refractivity contribution in [2.75, 3.05) is 0 Å². The zero-order valence-electron chi connectivity index (χ0n) is 5.10. The average Bonchev–Trinajstić information content (AvgIpc) is 1.87. The summed E-state index contributed by atoms with van der Waals surface area (Å²) in [4.78, 5) is 20.8. The number of hydrogen-bond donors (Lipinski definition) is 2. The van der Waals surface area contributed by atoms with Crippen molar-refractivity contribution >= 4 is 29.2 Å². The fourth-order valence-electron chi connectivity index (χ4n) is 0.285. The summed E-state index contributed by atoms with van der Waals surface area (Å²) < 4.78 is 0. The molecule has 0 saturated heterocycles. The van der Waals surface area contributed by atoms with Crippen LogP contribution in [0.2, 0.25) is 0 Å². The molecule has 0 aromatic carbocycles. The van der Waals surface area contributed by atoms with E-state index in [1.807, 2.05) is 9.39 Å². The van der Waals surface area contributed by atoms with Gasteiger partial charge in [-0.1, -0.05) is 0 Å². The summed E-state index contributed by atoms with van der Waals surface area (Å²) in [5.41, 5.74) is 0. The summed E-state index contributed by atoms with van der Waals surface area (Å²) in [6.45, 7) is 0. The molecule has 0 spiro atoms. The minimum atomic E-state index is -0.306. The number of carbonyl (C=O) groups is 2. The molecule has 0 aliphatic rings. The van der Waals surface area contributed by atoms with Gasteiger partial charge in [0.2, 0.25) is 19.8 Å². The normalized spacial score (nSPS) is 8.11. The van der Waals surface area contributed by atoms with Crippen molar-refractivity contribution in [1.29, 1.82) is 0 Å². The maximum Gasteiger partial charge on any atom is 0.232 e. The smallest absolute Gasteiger partial charge is 0.232 e. The van der Waals surface area contributed by atoms with Crippen molar-refractivity contribution in [3.63, 3.8) is 0 Å². The summed E-state index contributed by atoms with van der Waals surface area (Å²) in [7, 11) is 3.51. The van der Waals surface area contributed by atoms with Crippen LogP contribution in [-0.2, 0) is 9.59 Å². The van der Waals surface area contributed by atoms with Crippen LogP contribution in [0.15, 0.2) is 0 Å². The Morgan fingerprint density at radius 2 is 2.00 bits per heavy atom. The Morgan fingerprint density at radius 1 is 1.44 bits per heavy atom. The second kappa shape index (κ2) is 4.33. The van der Waals surface area contributed by atoms with E-state index in [1.165, 1.54) is 7.98 Å². The summed E-state index contributed by atoms with van der Waals surface area (Å²) in [5.74, 6) is -0.589. The van der Waals surface area contributed by atoms with Crippen LogP contribution in [0.25, 0.3) is 0 Å². The lowest BCUT2D eigenvalue weighted by molar-refractivity contribution is -0.127. The maximum absolute atomic E-state index is 10.4.